The van der Waals surface area contributed by atoms with Gasteiger partial charge < -0.3 is 10.1 Å². The van der Waals surface area contributed by atoms with Crippen molar-refractivity contribution in [3.8, 4) is 0 Å². The Kier molecular flexibility index (Phi) is 4.35. The standard InChI is InChI=1S/C17H26F2N2O3/c1-4-24-12-9-17(16(12,2)3)14(22)21(15(23)20-17)11-7-5-10(6-8-11)13(18)19/h10-13H,4-9H2,1-3H3,(H,20,23). The van der Waals surface area contributed by atoms with Crippen molar-refractivity contribution in [2.24, 2.45) is 11.3 Å². The summed E-state index contributed by atoms with van der Waals surface area (Å²) in [7, 11) is 0. The van der Waals surface area contributed by atoms with E-state index in [-0.39, 0.29) is 24.1 Å². The van der Waals surface area contributed by atoms with Crippen LogP contribution >= 0.6 is 0 Å². The summed E-state index contributed by atoms with van der Waals surface area (Å²) in [4.78, 5) is 26.8. The van der Waals surface area contributed by atoms with Crippen LogP contribution < -0.4 is 5.32 Å². The fourth-order valence-corrected chi connectivity index (χ4v) is 4.52. The fourth-order valence-electron chi connectivity index (χ4n) is 4.52. The van der Waals surface area contributed by atoms with E-state index in [1.165, 1.54) is 4.90 Å². The van der Waals surface area contributed by atoms with Crippen molar-refractivity contribution in [1.82, 2.24) is 10.2 Å². The van der Waals surface area contributed by atoms with Gasteiger partial charge in [-0.05, 0) is 32.6 Å². The maximum absolute atomic E-state index is 13.0. The molecule has 3 fully saturated rings. The van der Waals surface area contributed by atoms with Gasteiger partial charge in [0.05, 0.1) is 6.10 Å². The van der Waals surface area contributed by atoms with Gasteiger partial charge in [0.25, 0.3) is 5.91 Å². The highest BCUT2D eigenvalue weighted by atomic mass is 19.3. The lowest BCUT2D eigenvalue weighted by atomic mass is 9.54. The van der Waals surface area contributed by atoms with Crippen LogP contribution in [0.25, 0.3) is 0 Å². The lowest BCUT2D eigenvalue weighted by Crippen LogP contribution is -2.73. The number of amides is 3. The Morgan fingerprint density at radius 1 is 1.25 bits per heavy atom. The van der Waals surface area contributed by atoms with Crippen molar-refractivity contribution >= 4 is 11.9 Å². The van der Waals surface area contributed by atoms with Crippen LogP contribution in [0.3, 0.4) is 0 Å². The molecule has 5 nitrogen and oxygen atoms in total. The van der Waals surface area contributed by atoms with Gasteiger partial charge in [-0.1, -0.05) is 13.8 Å². The number of hydrogen-bond donors (Lipinski definition) is 1. The zero-order chi connectivity index (χ0) is 17.7. The Morgan fingerprint density at radius 2 is 1.88 bits per heavy atom. The van der Waals surface area contributed by atoms with Crippen LogP contribution in [0.4, 0.5) is 13.6 Å². The summed E-state index contributed by atoms with van der Waals surface area (Å²) in [6.07, 6.45) is -0.283. The van der Waals surface area contributed by atoms with Gasteiger partial charge >= 0.3 is 6.03 Å². The van der Waals surface area contributed by atoms with Crippen molar-refractivity contribution in [2.45, 2.75) is 77.0 Å². The highest BCUT2D eigenvalue weighted by molar-refractivity contribution is 6.08. The van der Waals surface area contributed by atoms with Crippen LogP contribution in [-0.2, 0) is 9.53 Å². The number of rotatable bonds is 4. The normalized spacial score (nSPS) is 38.6. The Labute approximate surface area is 141 Å². The molecule has 2 atom stereocenters. The molecule has 3 amide bonds. The smallest absolute Gasteiger partial charge is 0.325 e. The topological polar surface area (TPSA) is 58.6 Å². The van der Waals surface area contributed by atoms with Crippen LogP contribution in [0.1, 0.15) is 52.9 Å². The summed E-state index contributed by atoms with van der Waals surface area (Å²) in [5.41, 5.74) is -1.39. The largest absolute Gasteiger partial charge is 0.378 e. The van der Waals surface area contributed by atoms with Crippen molar-refractivity contribution < 1.29 is 23.1 Å². The minimum absolute atomic E-state index is 0.0683. The lowest BCUT2D eigenvalue weighted by Gasteiger charge is -2.57. The first kappa shape index (κ1) is 17.6. The first-order valence-electron chi connectivity index (χ1n) is 8.80. The van der Waals surface area contributed by atoms with E-state index in [1.807, 2.05) is 20.8 Å². The van der Waals surface area contributed by atoms with Gasteiger partial charge in [0, 0.05) is 30.4 Å². The van der Waals surface area contributed by atoms with Crippen molar-refractivity contribution in [2.75, 3.05) is 6.61 Å². The molecule has 0 aromatic carbocycles. The van der Waals surface area contributed by atoms with Gasteiger partial charge in [0.15, 0.2) is 0 Å². The summed E-state index contributed by atoms with van der Waals surface area (Å²) in [5, 5.41) is 2.89. The predicted octanol–water partition coefficient (Wildman–Crippen LogP) is 2.94. The van der Waals surface area contributed by atoms with Crippen LogP contribution in [0.5, 0.6) is 0 Å². The second-order valence-electron chi connectivity index (χ2n) is 7.78. The van der Waals surface area contributed by atoms with Gasteiger partial charge in [-0.15, -0.1) is 0 Å². The average Bonchev–Trinajstić information content (AvgIpc) is 2.80. The van der Waals surface area contributed by atoms with E-state index < -0.39 is 23.3 Å². The number of ether oxygens (including phenoxy) is 1. The maximum Gasteiger partial charge on any atom is 0.325 e. The molecule has 24 heavy (non-hydrogen) atoms. The Balaban J connectivity index is 1.72. The zero-order valence-corrected chi connectivity index (χ0v) is 14.5. The number of hydrogen-bond acceptors (Lipinski definition) is 3. The predicted molar refractivity (Wildman–Crippen MR) is 83.7 cm³/mol. The Hall–Kier alpha value is -1.24. The number of halogens is 2. The Bertz CT molecular complexity index is 532. The number of nitrogens with one attached hydrogen (secondary N) is 1. The Morgan fingerprint density at radius 3 is 2.38 bits per heavy atom. The van der Waals surface area contributed by atoms with E-state index in [1.54, 1.807) is 0 Å². The maximum atomic E-state index is 13.0. The minimum atomic E-state index is -2.32. The average molecular weight is 344 g/mol. The molecular formula is C17H26F2N2O3. The number of urea groups is 1. The first-order valence-corrected chi connectivity index (χ1v) is 8.80. The highest BCUT2D eigenvalue weighted by Crippen LogP contribution is 2.54. The molecule has 0 aromatic heterocycles. The van der Waals surface area contributed by atoms with Gasteiger partial charge in [0.2, 0.25) is 6.43 Å². The summed E-state index contributed by atoms with van der Waals surface area (Å²) < 4.78 is 31.3. The molecule has 0 radical (unpaired) electrons. The first-order chi connectivity index (χ1) is 11.2. The van der Waals surface area contributed by atoms with E-state index in [9.17, 15) is 18.4 Å². The number of carbonyl (C=O) groups is 2. The minimum Gasteiger partial charge on any atom is -0.378 e. The molecule has 3 rings (SSSR count). The second-order valence-corrected chi connectivity index (χ2v) is 7.78. The van der Waals surface area contributed by atoms with Gasteiger partial charge in [-0.2, -0.15) is 0 Å². The van der Waals surface area contributed by atoms with Crippen molar-refractivity contribution in [3.05, 3.63) is 0 Å². The molecule has 2 aliphatic carbocycles. The van der Waals surface area contributed by atoms with Gasteiger partial charge in [0.1, 0.15) is 5.54 Å². The summed E-state index contributed by atoms with van der Waals surface area (Å²) in [6.45, 7) is 6.34. The number of carbonyl (C=O) groups excluding carboxylic acids is 2. The SMILES string of the molecule is CCOC1CC2(NC(=O)N(C3CCC(C(F)F)CC3)C2=O)C1(C)C. The van der Waals surface area contributed by atoms with Crippen LogP contribution in [0.2, 0.25) is 0 Å². The van der Waals surface area contributed by atoms with Crippen LogP contribution in [0, 0.1) is 11.3 Å². The number of nitrogens with zero attached hydrogens (tertiary/aromatic N) is 1. The molecule has 2 saturated carbocycles. The van der Waals surface area contributed by atoms with E-state index >= 15 is 0 Å². The molecule has 1 saturated heterocycles. The monoisotopic (exact) mass is 344 g/mol. The number of alkyl halides is 2. The van der Waals surface area contributed by atoms with E-state index in [2.05, 4.69) is 5.32 Å². The quantitative estimate of drug-likeness (QED) is 0.798. The zero-order valence-electron chi connectivity index (χ0n) is 14.5. The molecule has 0 aromatic rings. The molecule has 1 aliphatic heterocycles. The van der Waals surface area contributed by atoms with E-state index in [4.69, 9.17) is 4.74 Å². The third-order valence-corrected chi connectivity index (χ3v) is 6.35. The fraction of sp³-hybridized carbons (Fsp3) is 0.882. The summed E-state index contributed by atoms with van der Waals surface area (Å²) in [6, 6.07) is -0.655. The van der Waals surface area contributed by atoms with E-state index in [0.717, 1.165) is 0 Å². The molecular weight excluding hydrogens is 318 g/mol. The summed E-state index contributed by atoms with van der Waals surface area (Å²) in [5.74, 6) is -0.826. The molecule has 136 valence electrons. The van der Waals surface area contributed by atoms with Gasteiger partial charge in [-0.3, -0.25) is 9.69 Å². The van der Waals surface area contributed by atoms with E-state index in [0.29, 0.717) is 38.7 Å². The van der Waals surface area contributed by atoms with Crippen molar-refractivity contribution in [1.29, 1.82) is 0 Å². The molecule has 7 heteroatoms. The third kappa shape index (κ3) is 2.35. The molecule has 3 aliphatic rings. The van der Waals surface area contributed by atoms with Gasteiger partial charge in [-0.25, -0.2) is 13.6 Å². The van der Waals surface area contributed by atoms with Crippen molar-refractivity contribution in [3.63, 3.8) is 0 Å². The van der Waals surface area contributed by atoms with Crippen LogP contribution in [0.15, 0.2) is 0 Å². The highest BCUT2D eigenvalue weighted by Gasteiger charge is 2.71. The van der Waals surface area contributed by atoms with Crippen LogP contribution in [-0.4, -0.2) is 47.6 Å². The molecule has 2 unspecified atom stereocenters. The third-order valence-electron chi connectivity index (χ3n) is 6.35. The second kappa shape index (κ2) is 5.93. The molecule has 0 bridgehead atoms. The number of imide groups is 1. The summed E-state index contributed by atoms with van der Waals surface area (Å²) >= 11 is 0. The molecule has 1 N–H and O–H groups in total. The molecule has 1 heterocycles. The molecule has 1 spiro atoms. The lowest BCUT2D eigenvalue weighted by molar-refractivity contribution is -0.176.